The van der Waals surface area contributed by atoms with E-state index in [1.54, 1.807) is 19.1 Å². The first-order chi connectivity index (χ1) is 9.59. The summed E-state index contributed by atoms with van der Waals surface area (Å²) < 4.78 is 18.5. The standard InChI is InChI=1S/C14H17FN2O3/c1-10-14(19)16-7-8-17(10)13(18)6-9-20-12-5-3-2-4-11(12)15/h2-5,10H,6-9H2,1H3,(H,16,19). The quantitative estimate of drug-likeness (QED) is 0.893. The summed E-state index contributed by atoms with van der Waals surface area (Å²) in [5.41, 5.74) is 0. The maximum absolute atomic E-state index is 13.3. The Hall–Kier alpha value is -2.11. The molecule has 1 saturated heterocycles. The van der Waals surface area contributed by atoms with Crippen LogP contribution in [0.3, 0.4) is 0 Å². The van der Waals surface area contributed by atoms with Gasteiger partial charge in [-0.1, -0.05) is 12.1 Å². The van der Waals surface area contributed by atoms with E-state index in [0.717, 1.165) is 0 Å². The van der Waals surface area contributed by atoms with Crippen molar-refractivity contribution in [3.05, 3.63) is 30.1 Å². The van der Waals surface area contributed by atoms with E-state index >= 15 is 0 Å². The Bertz CT molecular complexity index is 507. The lowest BCUT2D eigenvalue weighted by Crippen LogP contribution is -2.56. The van der Waals surface area contributed by atoms with Crippen molar-refractivity contribution in [2.75, 3.05) is 19.7 Å². The molecule has 5 nitrogen and oxygen atoms in total. The average Bonchev–Trinajstić information content (AvgIpc) is 2.44. The van der Waals surface area contributed by atoms with Gasteiger partial charge in [0.05, 0.1) is 13.0 Å². The van der Waals surface area contributed by atoms with E-state index in [0.29, 0.717) is 13.1 Å². The van der Waals surface area contributed by atoms with Gasteiger partial charge in [0.25, 0.3) is 0 Å². The molecule has 0 radical (unpaired) electrons. The van der Waals surface area contributed by atoms with E-state index in [1.807, 2.05) is 0 Å². The van der Waals surface area contributed by atoms with Gasteiger partial charge in [-0.3, -0.25) is 9.59 Å². The van der Waals surface area contributed by atoms with Crippen LogP contribution in [0.25, 0.3) is 0 Å². The van der Waals surface area contributed by atoms with E-state index < -0.39 is 11.9 Å². The molecule has 0 spiro atoms. The SMILES string of the molecule is CC1C(=O)NCCN1C(=O)CCOc1ccccc1F. The van der Waals surface area contributed by atoms with E-state index in [2.05, 4.69) is 5.32 Å². The van der Waals surface area contributed by atoms with Crippen molar-refractivity contribution in [3.63, 3.8) is 0 Å². The smallest absolute Gasteiger partial charge is 0.242 e. The topological polar surface area (TPSA) is 58.6 Å². The van der Waals surface area contributed by atoms with Crippen LogP contribution in [0, 0.1) is 5.82 Å². The number of hydrogen-bond acceptors (Lipinski definition) is 3. The Morgan fingerprint density at radius 2 is 2.25 bits per heavy atom. The number of para-hydroxylation sites is 1. The largest absolute Gasteiger partial charge is 0.490 e. The zero-order valence-electron chi connectivity index (χ0n) is 11.3. The summed E-state index contributed by atoms with van der Waals surface area (Å²) in [4.78, 5) is 25.0. The van der Waals surface area contributed by atoms with E-state index in [9.17, 15) is 14.0 Å². The van der Waals surface area contributed by atoms with Crippen molar-refractivity contribution >= 4 is 11.8 Å². The Morgan fingerprint density at radius 3 is 3.00 bits per heavy atom. The number of halogens is 1. The van der Waals surface area contributed by atoms with Crippen LogP contribution >= 0.6 is 0 Å². The van der Waals surface area contributed by atoms with Crippen LogP contribution in [-0.4, -0.2) is 42.5 Å². The highest BCUT2D eigenvalue weighted by Crippen LogP contribution is 2.15. The average molecular weight is 280 g/mol. The van der Waals surface area contributed by atoms with E-state index in [-0.39, 0.29) is 30.6 Å². The number of rotatable bonds is 4. The van der Waals surface area contributed by atoms with Gasteiger partial charge >= 0.3 is 0 Å². The monoisotopic (exact) mass is 280 g/mol. The van der Waals surface area contributed by atoms with Crippen molar-refractivity contribution in [1.82, 2.24) is 10.2 Å². The third-order valence-electron chi connectivity index (χ3n) is 3.23. The zero-order chi connectivity index (χ0) is 14.5. The molecule has 20 heavy (non-hydrogen) atoms. The Labute approximate surface area is 116 Å². The normalized spacial score (nSPS) is 18.6. The van der Waals surface area contributed by atoms with Crippen LogP contribution in [-0.2, 0) is 9.59 Å². The maximum atomic E-state index is 13.3. The summed E-state index contributed by atoms with van der Waals surface area (Å²) in [5, 5.41) is 2.69. The molecule has 0 bridgehead atoms. The fourth-order valence-corrected chi connectivity index (χ4v) is 2.08. The first kappa shape index (κ1) is 14.3. The third-order valence-corrected chi connectivity index (χ3v) is 3.23. The van der Waals surface area contributed by atoms with Gasteiger partial charge in [0.2, 0.25) is 11.8 Å². The van der Waals surface area contributed by atoms with Crippen LogP contribution < -0.4 is 10.1 Å². The molecule has 0 saturated carbocycles. The Balaban J connectivity index is 1.83. The van der Waals surface area contributed by atoms with Gasteiger partial charge in [-0.15, -0.1) is 0 Å². The molecular formula is C14H17FN2O3. The molecule has 1 unspecified atom stereocenters. The number of nitrogens with one attached hydrogen (secondary N) is 1. The van der Waals surface area contributed by atoms with Gasteiger partial charge in [-0.05, 0) is 19.1 Å². The van der Waals surface area contributed by atoms with Crippen molar-refractivity contribution in [3.8, 4) is 5.75 Å². The lowest BCUT2D eigenvalue weighted by atomic mass is 10.2. The second kappa shape index (κ2) is 6.36. The second-order valence-electron chi connectivity index (χ2n) is 4.58. The highest BCUT2D eigenvalue weighted by atomic mass is 19.1. The van der Waals surface area contributed by atoms with Gasteiger partial charge in [0, 0.05) is 13.1 Å². The maximum Gasteiger partial charge on any atom is 0.242 e. The molecule has 2 rings (SSSR count). The minimum Gasteiger partial charge on any atom is -0.490 e. The zero-order valence-corrected chi connectivity index (χ0v) is 11.3. The first-order valence-corrected chi connectivity index (χ1v) is 6.54. The molecular weight excluding hydrogens is 263 g/mol. The Kier molecular flexibility index (Phi) is 4.55. The molecule has 1 N–H and O–H groups in total. The fourth-order valence-electron chi connectivity index (χ4n) is 2.08. The lowest BCUT2D eigenvalue weighted by Gasteiger charge is -2.32. The molecule has 1 fully saturated rings. The van der Waals surface area contributed by atoms with Gasteiger partial charge in [0.15, 0.2) is 11.6 Å². The molecule has 1 aromatic rings. The minimum atomic E-state index is -0.468. The van der Waals surface area contributed by atoms with Crippen LogP contribution in [0.2, 0.25) is 0 Å². The molecule has 1 aromatic carbocycles. The van der Waals surface area contributed by atoms with Gasteiger partial charge < -0.3 is 15.0 Å². The summed E-state index contributed by atoms with van der Waals surface area (Å²) in [6.45, 7) is 2.73. The number of ether oxygens (including phenoxy) is 1. The summed E-state index contributed by atoms with van der Waals surface area (Å²) in [5.74, 6) is -0.640. The van der Waals surface area contributed by atoms with Crippen LogP contribution in [0.5, 0.6) is 5.75 Å². The number of piperazine rings is 1. The minimum absolute atomic E-state index is 0.0879. The summed E-state index contributed by atoms with van der Waals surface area (Å²) in [6, 6.07) is 5.58. The van der Waals surface area contributed by atoms with Crippen molar-refractivity contribution < 1.29 is 18.7 Å². The molecule has 1 aliphatic rings. The third kappa shape index (κ3) is 3.26. The predicted molar refractivity (Wildman–Crippen MR) is 70.7 cm³/mol. The highest BCUT2D eigenvalue weighted by molar-refractivity contribution is 5.88. The molecule has 1 atom stereocenters. The van der Waals surface area contributed by atoms with Crippen molar-refractivity contribution in [2.24, 2.45) is 0 Å². The number of nitrogens with zero attached hydrogens (tertiary/aromatic N) is 1. The number of hydrogen-bond donors (Lipinski definition) is 1. The number of carbonyl (C=O) groups excluding carboxylic acids is 2. The molecule has 108 valence electrons. The summed E-state index contributed by atoms with van der Waals surface area (Å²) >= 11 is 0. The number of carbonyl (C=O) groups is 2. The summed E-state index contributed by atoms with van der Waals surface area (Å²) in [6.07, 6.45) is 0.117. The van der Waals surface area contributed by atoms with Crippen molar-refractivity contribution in [1.29, 1.82) is 0 Å². The van der Waals surface area contributed by atoms with Crippen molar-refractivity contribution in [2.45, 2.75) is 19.4 Å². The van der Waals surface area contributed by atoms with Crippen LogP contribution in [0.4, 0.5) is 4.39 Å². The van der Waals surface area contributed by atoms with Gasteiger partial charge in [-0.2, -0.15) is 0 Å². The lowest BCUT2D eigenvalue weighted by molar-refractivity contribution is -0.142. The van der Waals surface area contributed by atoms with Crippen LogP contribution in [0.1, 0.15) is 13.3 Å². The fraction of sp³-hybridized carbons (Fsp3) is 0.429. The molecule has 6 heteroatoms. The first-order valence-electron chi connectivity index (χ1n) is 6.54. The molecule has 1 heterocycles. The molecule has 0 aliphatic carbocycles. The van der Waals surface area contributed by atoms with Gasteiger partial charge in [0.1, 0.15) is 6.04 Å². The summed E-state index contributed by atoms with van der Waals surface area (Å²) in [7, 11) is 0. The molecule has 0 aromatic heterocycles. The highest BCUT2D eigenvalue weighted by Gasteiger charge is 2.28. The van der Waals surface area contributed by atoms with E-state index in [4.69, 9.17) is 4.74 Å². The second-order valence-corrected chi connectivity index (χ2v) is 4.58. The number of amides is 2. The Morgan fingerprint density at radius 1 is 1.50 bits per heavy atom. The van der Waals surface area contributed by atoms with Crippen LogP contribution in [0.15, 0.2) is 24.3 Å². The predicted octanol–water partition coefficient (Wildman–Crippen LogP) is 0.942. The van der Waals surface area contributed by atoms with Gasteiger partial charge in [-0.25, -0.2) is 4.39 Å². The molecule has 1 aliphatic heterocycles. The number of benzene rings is 1. The molecule has 2 amide bonds. The van der Waals surface area contributed by atoms with E-state index in [1.165, 1.54) is 17.0 Å².